The Kier molecular flexibility index (Phi) is 2.69. The van der Waals surface area contributed by atoms with Crippen LogP contribution in [-0.4, -0.2) is 43.2 Å². The smallest absolute Gasteiger partial charge is 0.0503 e. The Morgan fingerprint density at radius 1 is 1.40 bits per heavy atom. The van der Waals surface area contributed by atoms with Crippen LogP contribution in [-0.2, 0) is 0 Å². The lowest BCUT2D eigenvalue weighted by Gasteiger charge is -2.37. The molecule has 2 heteroatoms. The van der Waals surface area contributed by atoms with Gasteiger partial charge in [0.05, 0.1) is 6.67 Å². The second-order valence-electron chi connectivity index (χ2n) is 3.33. The molecule has 0 aliphatic carbocycles. The Morgan fingerprint density at radius 2 is 2.10 bits per heavy atom. The molecule has 1 heterocycles. The molecule has 0 aromatic carbocycles. The van der Waals surface area contributed by atoms with Crippen LogP contribution in [0.3, 0.4) is 0 Å². The lowest BCUT2D eigenvalue weighted by atomic mass is 10.1. The highest BCUT2D eigenvalue weighted by atomic mass is 15.3. The third-order valence-corrected chi connectivity index (χ3v) is 2.40. The SMILES string of the molecule is CCC1CCN(C)CN1C. The molecule has 1 unspecified atom stereocenters. The van der Waals surface area contributed by atoms with E-state index in [1.54, 1.807) is 0 Å². The normalized spacial score (nSPS) is 30.9. The van der Waals surface area contributed by atoms with E-state index < -0.39 is 0 Å². The molecule has 0 aromatic rings. The van der Waals surface area contributed by atoms with Gasteiger partial charge in [0.2, 0.25) is 0 Å². The molecule has 0 radical (unpaired) electrons. The second kappa shape index (κ2) is 3.35. The fraction of sp³-hybridized carbons (Fsp3) is 1.00. The van der Waals surface area contributed by atoms with Crippen LogP contribution in [0.15, 0.2) is 0 Å². The van der Waals surface area contributed by atoms with Gasteiger partial charge < -0.3 is 0 Å². The van der Waals surface area contributed by atoms with Crippen molar-refractivity contribution in [3.05, 3.63) is 0 Å². The van der Waals surface area contributed by atoms with E-state index in [4.69, 9.17) is 0 Å². The summed E-state index contributed by atoms with van der Waals surface area (Å²) in [5.74, 6) is 0. The van der Waals surface area contributed by atoms with Gasteiger partial charge in [0, 0.05) is 12.6 Å². The average Bonchev–Trinajstić information content (AvgIpc) is 1.88. The molecule has 60 valence electrons. The van der Waals surface area contributed by atoms with Crippen molar-refractivity contribution >= 4 is 0 Å². The molecule has 0 spiro atoms. The van der Waals surface area contributed by atoms with E-state index in [9.17, 15) is 0 Å². The van der Waals surface area contributed by atoms with Crippen molar-refractivity contribution in [3.8, 4) is 0 Å². The Bertz CT molecular complexity index is 103. The molecular formula is C8H18N2. The maximum absolute atomic E-state index is 2.43. The first-order valence-corrected chi connectivity index (χ1v) is 4.12. The summed E-state index contributed by atoms with van der Waals surface area (Å²) in [4.78, 5) is 4.80. The van der Waals surface area contributed by atoms with Crippen LogP contribution in [0.2, 0.25) is 0 Å². The van der Waals surface area contributed by atoms with E-state index in [2.05, 4.69) is 30.8 Å². The number of hydrogen-bond donors (Lipinski definition) is 0. The largest absolute Gasteiger partial charge is 0.293 e. The van der Waals surface area contributed by atoms with E-state index in [1.165, 1.54) is 19.4 Å². The van der Waals surface area contributed by atoms with Crippen LogP contribution in [0.5, 0.6) is 0 Å². The molecular weight excluding hydrogens is 124 g/mol. The summed E-state index contributed by atoms with van der Waals surface area (Å²) in [6.45, 7) is 4.67. The number of hydrogen-bond acceptors (Lipinski definition) is 2. The first kappa shape index (κ1) is 8.02. The average molecular weight is 142 g/mol. The Hall–Kier alpha value is -0.0800. The van der Waals surface area contributed by atoms with Crippen LogP contribution < -0.4 is 0 Å². The van der Waals surface area contributed by atoms with Gasteiger partial charge in [-0.1, -0.05) is 6.92 Å². The Morgan fingerprint density at radius 3 is 2.60 bits per heavy atom. The monoisotopic (exact) mass is 142 g/mol. The van der Waals surface area contributed by atoms with Gasteiger partial charge in [0.15, 0.2) is 0 Å². The second-order valence-corrected chi connectivity index (χ2v) is 3.33. The molecule has 1 aliphatic heterocycles. The van der Waals surface area contributed by atoms with E-state index in [0.29, 0.717) is 0 Å². The Labute approximate surface area is 63.8 Å². The molecule has 1 rings (SSSR count). The van der Waals surface area contributed by atoms with Gasteiger partial charge in [-0.25, -0.2) is 0 Å². The van der Waals surface area contributed by atoms with Gasteiger partial charge in [-0.2, -0.15) is 0 Å². The molecule has 1 atom stereocenters. The molecule has 0 N–H and O–H groups in total. The minimum atomic E-state index is 0.830. The zero-order valence-corrected chi connectivity index (χ0v) is 7.30. The summed E-state index contributed by atoms with van der Waals surface area (Å²) in [6, 6.07) is 0.830. The summed E-state index contributed by atoms with van der Waals surface area (Å²) in [5, 5.41) is 0. The van der Waals surface area contributed by atoms with Crippen LogP contribution in [0.25, 0.3) is 0 Å². The molecule has 0 amide bonds. The van der Waals surface area contributed by atoms with E-state index >= 15 is 0 Å². The highest BCUT2D eigenvalue weighted by Gasteiger charge is 2.19. The zero-order valence-electron chi connectivity index (χ0n) is 7.30. The molecule has 0 aromatic heterocycles. The highest BCUT2D eigenvalue weighted by molar-refractivity contribution is 4.73. The van der Waals surface area contributed by atoms with Crippen molar-refractivity contribution in [2.24, 2.45) is 0 Å². The molecule has 0 saturated carbocycles. The van der Waals surface area contributed by atoms with Crippen molar-refractivity contribution in [1.29, 1.82) is 0 Å². The highest BCUT2D eigenvalue weighted by Crippen LogP contribution is 2.12. The van der Waals surface area contributed by atoms with E-state index in [1.807, 2.05) is 0 Å². The maximum atomic E-state index is 2.43. The predicted octanol–water partition coefficient (Wildman–Crippen LogP) is 0.990. The molecule has 1 saturated heterocycles. The predicted molar refractivity (Wildman–Crippen MR) is 44.0 cm³/mol. The fourth-order valence-electron chi connectivity index (χ4n) is 1.67. The third kappa shape index (κ3) is 1.70. The molecule has 1 fully saturated rings. The minimum Gasteiger partial charge on any atom is -0.293 e. The fourth-order valence-corrected chi connectivity index (χ4v) is 1.67. The lowest BCUT2D eigenvalue weighted by Crippen LogP contribution is -2.46. The third-order valence-electron chi connectivity index (χ3n) is 2.40. The first-order valence-electron chi connectivity index (χ1n) is 4.12. The number of rotatable bonds is 1. The van der Waals surface area contributed by atoms with Crippen molar-refractivity contribution < 1.29 is 0 Å². The van der Waals surface area contributed by atoms with Gasteiger partial charge >= 0.3 is 0 Å². The van der Waals surface area contributed by atoms with Gasteiger partial charge in [-0.15, -0.1) is 0 Å². The first-order chi connectivity index (χ1) is 4.74. The summed E-state index contributed by atoms with van der Waals surface area (Å²) >= 11 is 0. The maximum Gasteiger partial charge on any atom is 0.0503 e. The van der Waals surface area contributed by atoms with Crippen LogP contribution in [0, 0.1) is 0 Å². The standard InChI is InChI=1S/C8H18N2/c1-4-8-5-6-9(2)7-10(8)3/h8H,4-7H2,1-3H3. The molecule has 0 bridgehead atoms. The minimum absolute atomic E-state index is 0.830. The Balaban J connectivity index is 2.36. The molecule has 1 aliphatic rings. The number of nitrogens with zero attached hydrogens (tertiary/aromatic N) is 2. The van der Waals surface area contributed by atoms with Crippen LogP contribution >= 0.6 is 0 Å². The summed E-state index contributed by atoms with van der Waals surface area (Å²) < 4.78 is 0. The van der Waals surface area contributed by atoms with E-state index in [0.717, 1.165) is 12.7 Å². The zero-order chi connectivity index (χ0) is 7.56. The topological polar surface area (TPSA) is 6.48 Å². The van der Waals surface area contributed by atoms with Crippen molar-refractivity contribution in [3.63, 3.8) is 0 Å². The van der Waals surface area contributed by atoms with Crippen LogP contribution in [0.1, 0.15) is 19.8 Å². The molecule has 2 nitrogen and oxygen atoms in total. The summed E-state index contributed by atoms with van der Waals surface area (Å²) in [7, 11) is 4.40. The van der Waals surface area contributed by atoms with E-state index in [-0.39, 0.29) is 0 Å². The van der Waals surface area contributed by atoms with Gasteiger partial charge in [-0.3, -0.25) is 9.80 Å². The summed E-state index contributed by atoms with van der Waals surface area (Å²) in [5.41, 5.74) is 0. The lowest BCUT2D eigenvalue weighted by molar-refractivity contribution is 0.0767. The van der Waals surface area contributed by atoms with Gasteiger partial charge in [0.1, 0.15) is 0 Å². The van der Waals surface area contributed by atoms with Gasteiger partial charge in [0.25, 0.3) is 0 Å². The molecule has 10 heavy (non-hydrogen) atoms. The van der Waals surface area contributed by atoms with Crippen LogP contribution in [0.4, 0.5) is 0 Å². The van der Waals surface area contributed by atoms with Gasteiger partial charge in [-0.05, 0) is 26.9 Å². The van der Waals surface area contributed by atoms with Crippen molar-refractivity contribution in [2.45, 2.75) is 25.8 Å². The van der Waals surface area contributed by atoms with Crippen molar-refractivity contribution in [2.75, 3.05) is 27.3 Å². The summed E-state index contributed by atoms with van der Waals surface area (Å²) in [6.07, 6.45) is 2.63. The van der Waals surface area contributed by atoms with Crippen molar-refractivity contribution in [1.82, 2.24) is 9.80 Å². The quantitative estimate of drug-likeness (QED) is 0.538.